The molecule has 0 aromatic heterocycles. The second kappa shape index (κ2) is 6.41. The normalized spacial score (nSPS) is 35.1. The van der Waals surface area contributed by atoms with Gasteiger partial charge in [-0.25, -0.2) is 0 Å². The second-order valence-electron chi connectivity index (χ2n) is 6.27. The van der Waals surface area contributed by atoms with Gasteiger partial charge in [-0.15, -0.1) is 0 Å². The van der Waals surface area contributed by atoms with Gasteiger partial charge in [-0.05, 0) is 32.6 Å². The van der Waals surface area contributed by atoms with Crippen LogP contribution < -0.4 is 5.32 Å². The van der Waals surface area contributed by atoms with Gasteiger partial charge < -0.3 is 10.1 Å². The number of fused-ring (bicyclic) bond motifs is 2. The number of piperidine rings is 1. The maximum Gasteiger partial charge on any atom is 0.320 e. The van der Waals surface area contributed by atoms with Crippen LogP contribution in [0.1, 0.15) is 32.6 Å². The number of piperazine rings is 1. The third kappa shape index (κ3) is 3.00. The zero-order chi connectivity index (χ0) is 13.9. The fourth-order valence-corrected chi connectivity index (χ4v) is 4.20. The van der Waals surface area contributed by atoms with Gasteiger partial charge in [0.2, 0.25) is 0 Å². The highest BCUT2D eigenvalue weighted by atomic mass is 16.5. The van der Waals surface area contributed by atoms with E-state index in [0.29, 0.717) is 25.2 Å². The van der Waals surface area contributed by atoms with E-state index in [1.807, 2.05) is 6.92 Å². The molecule has 2 unspecified atom stereocenters. The molecule has 0 aromatic carbocycles. The van der Waals surface area contributed by atoms with Gasteiger partial charge in [-0.1, -0.05) is 0 Å². The zero-order valence-corrected chi connectivity index (χ0v) is 12.5. The van der Waals surface area contributed by atoms with E-state index in [1.165, 1.54) is 38.8 Å². The molecular weight excluding hydrogens is 254 g/mol. The Hall–Kier alpha value is -0.650. The first-order valence-corrected chi connectivity index (χ1v) is 8.14. The third-order valence-electron chi connectivity index (χ3n) is 5.14. The average Bonchev–Trinajstić information content (AvgIpc) is 2.71. The number of rotatable bonds is 4. The monoisotopic (exact) mass is 281 g/mol. The summed E-state index contributed by atoms with van der Waals surface area (Å²) in [5.74, 6) is -0.0509. The van der Waals surface area contributed by atoms with E-state index in [0.717, 1.165) is 19.1 Å². The molecule has 3 saturated heterocycles. The summed E-state index contributed by atoms with van der Waals surface area (Å²) in [6, 6.07) is 1.92. The summed E-state index contributed by atoms with van der Waals surface area (Å²) in [5.41, 5.74) is 0. The number of nitrogens with zero attached hydrogens (tertiary/aromatic N) is 2. The molecule has 0 saturated carbocycles. The summed E-state index contributed by atoms with van der Waals surface area (Å²) in [6.45, 7) is 7.48. The molecule has 0 aromatic rings. The standard InChI is InChI=1S/C15H27N3O2/c1-2-20-15(19)11-18-12-3-4-13(18)10-14(9-12)17-7-5-16-6-8-17/h12-14,16H,2-11H2,1H3. The van der Waals surface area contributed by atoms with Crippen LogP contribution in [-0.4, -0.2) is 73.2 Å². The van der Waals surface area contributed by atoms with Crippen molar-refractivity contribution in [2.24, 2.45) is 0 Å². The lowest BCUT2D eigenvalue weighted by molar-refractivity contribution is -0.146. The van der Waals surface area contributed by atoms with Gasteiger partial charge in [0.25, 0.3) is 0 Å². The van der Waals surface area contributed by atoms with E-state index in [-0.39, 0.29) is 5.97 Å². The van der Waals surface area contributed by atoms with E-state index in [2.05, 4.69) is 15.1 Å². The van der Waals surface area contributed by atoms with Crippen molar-refractivity contribution < 1.29 is 9.53 Å². The number of carbonyl (C=O) groups is 1. The van der Waals surface area contributed by atoms with Crippen LogP contribution in [-0.2, 0) is 9.53 Å². The Bertz CT molecular complexity index is 330. The molecule has 0 amide bonds. The first-order valence-electron chi connectivity index (χ1n) is 8.14. The maximum absolute atomic E-state index is 11.7. The summed E-state index contributed by atoms with van der Waals surface area (Å²) in [6.07, 6.45) is 4.98. The van der Waals surface area contributed by atoms with Crippen LogP contribution in [0.25, 0.3) is 0 Å². The highest BCUT2D eigenvalue weighted by molar-refractivity contribution is 5.71. The van der Waals surface area contributed by atoms with Gasteiger partial charge in [0.1, 0.15) is 0 Å². The second-order valence-corrected chi connectivity index (χ2v) is 6.27. The lowest BCUT2D eigenvalue weighted by Gasteiger charge is -2.44. The highest BCUT2D eigenvalue weighted by Crippen LogP contribution is 2.37. The van der Waals surface area contributed by atoms with E-state index < -0.39 is 0 Å². The number of esters is 1. The molecule has 114 valence electrons. The summed E-state index contributed by atoms with van der Waals surface area (Å²) >= 11 is 0. The summed E-state index contributed by atoms with van der Waals surface area (Å²) in [5, 5.41) is 3.43. The van der Waals surface area contributed by atoms with Crippen molar-refractivity contribution in [3.05, 3.63) is 0 Å². The number of hydrogen-bond donors (Lipinski definition) is 1. The van der Waals surface area contributed by atoms with Crippen molar-refractivity contribution in [2.75, 3.05) is 39.3 Å². The van der Waals surface area contributed by atoms with E-state index in [9.17, 15) is 4.79 Å². The predicted octanol–water partition coefficient (Wildman–Crippen LogP) is 0.450. The van der Waals surface area contributed by atoms with Crippen molar-refractivity contribution in [2.45, 2.75) is 50.7 Å². The summed E-state index contributed by atoms with van der Waals surface area (Å²) in [4.78, 5) is 16.8. The molecule has 5 nitrogen and oxygen atoms in total. The Balaban J connectivity index is 1.56. The minimum Gasteiger partial charge on any atom is -0.465 e. The van der Waals surface area contributed by atoms with Crippen molar-refractivity contribution in [3.63, 3.8) is 0 Å². The zero-order valence-electron chi connectivity index (χ0n) is 12.5. The molecule has 3 heterocycles. The minimum absolute atomic E-state index is 0.0509. The van der Waals surface area contributed by atoms with Gasteiger partial charge in [0.05, 0.1) is 13.2 Å². The van der Waals surface area contributed by atoms with Crippen LogP contribution in [0.15, 0.2) is 0 Å². The van der Waals surface area contributed by atoms with E-state index >= 15 is 0 Å². The number of ether oxygens (including phenoxy) is 1. The van der Waals surface area contributed by atoms with Crippen LogP contribution in [0.4, 0.5) is 0 Å². The van der Waals surface area contributed by atoms with Crippen molar-refractivity contribution in [3.8, 4) is 0 Å². The quantitative estimate of drug-likeness (QED) is 0.758. The van der Waals surface area contributed by atoms with Gasteiger partial charge in [-0.3, -0.25) is 14.6 Å². The van der Waals surface area contributed by atoms with Crippen LogP contribution in [0.2, 0.25) is 0 Å². The first kappa shape index (κ1) is 14.3. The summed E-state index contributed by atoms with van der Waals surface area (Å²) in [7, 11) is 0. The molecule has 2 atom stereocenters. The van der Waals surface area contributed by atoms with Gasteiger partial charge in [-0.2, -0.15) is 0 Å². The van der Waals surface area contributed by atoms with Crippen LogP contribution in [0.5, 0.6) is 0 Å². The van der Waals surface area contributed by atoms with Crippen molar-refractivity contribution in [1.82, 2.24) is 15.1 Å². The topological polar surface area (TPSA) is 44.8 Å². The maximum atomic E-state index is 11.7. The molecule has 3 aliphatic rings. The first-order chi connectivity index (χ1) is 9.78. The molecule has 0 radical (unpaired) electrons. The molecule has 5 heteroatoms. The fraction of sp³-hybridized carbons (Fsp3) is 0.933. The third-order valence-corrected chi connectivity index (χ3v) is 5.14. The molecule has 3 aliphatic heterocycles. The molecule has 2 bridgehead atoms. The molecule has 20 heavy (non-hydrogen) atoms. The molecule has 3 rings (SSSR count). The van der Waals surface area contributed by atoms with Gasteiger partial charge >= 0.3 is 5.97 Å². The minimum atomic E-state index is -0.0509. The van der Waals surface area contributed by atoms with Gasteiger partial charge in [0.15, 0.2) is 0 Å². The lowest BCUT2D eigenvalue weighted by Crippen LogP contribution is -2.55. The Morgan fingerprint density at radius 3 is 2.40 bits per heavy atom. The van der Waals surface area contributed by atoms with E-state index in [1.54, 1.807) is 0 Å². The largest absolute Gasteiger partial charge is 0.465 e. The lowest BCUT2D eigenvalue weighted by atomic mass is 9.95. The Morgan fingerprint density at radius 1 is 1.15 bits per heavy atom. The SMILES string of the molecule is CCOC(=O)CN1C2CCC1CC(N1CCNCC1)C2. The number of carbonyl (C=O) groups excluding carboxylic acids is 1. The number of hydrogen-bond acceptors (Lipinski definition) is 5. The van der Waals surface area contributed by atoms with Crippen LogP contribution in [0, 0.1) is 0 Å². The Morgan fingerprint density at radius 2 is 1.80 bits per heavy atom. The Labute approximate surface area is 121 Å². The van der Waals surface area contributed by atoms with Gasteiger partial charge in [0, 0.05) is 44.3 Å². The van der Waals surface area contributed by atoms with Crippen molar-refractivity contribution >= 4 is 5.97 Å². The molecule has 1 N–H and O–H groups in total. The molecule has 0 spiro atoms. The molecular formula is C15H27N3O2. The van der Waals surface area contributed by atoms with Crippen molar-refractivity contribution in [1.29, 1.82) is 0 Å². The van der Waals surface area contributed by atoms with Crippen LogP contribution in [0.3, 0.4) is 0 Å². The number of nitrogens with one attached hydrogen (secondary N) is 1. The summed E-state index contributed by atoms with van der Waals surface area (Å²) < 4.78 is 5.11. The molecule has 0 aliphatic carbocycles. The van der Waals surface area contributed by atoms with Crippen LogP contribution >= 0.6 is 0 Å². The Kier molecular flexibility index (Phi) is 4.58. The predicted molar refractivity (Wildman–Crippen MR) is 77.6 cm³/mol. The molecule has 3 fully saturated rings. The highest BCUT2D eigenvalue weighted by Gasteiger charge is 2.43. The smallest absolute Gasteiger partial charge is 0.320 e. The van der Waals surface area contributed by atoms with E-state index in [4.69, 9.17) is 4.74 Å². The fourth-order valence-electron chi connectivity index (χ4n) is 4.20. The average molecular weight is 281 g/mol.